The standard InChI is InChI=1S/C28H31N3O3/c1-31(2)21-14-12-20(13-15-21)24(25-19-29-26-10-6-4-8-22(25)26)18-30-28(32)23-9-5-7-11-27(23)34-17-16-33-3/h4-15,19,24,29H,16-18H2,1-3H3,(H,30,32). The zero-order chi connectivity index (χ0) is 23.9. The van der Waals surface area contributed by atoms with Crippen LogP contribution in [0, 0.1) is 0 Å². The number of aromatic amines is 1. The summed E-state index contributed by atoms with van der Waals surface area (Å²) < 4.78 is 10.8. The molecule has 1 unspecified atom stereocenters. The number of ether oxygens (including phenoxy) is 2. The first-order valence-electron chi connectivity index (χ1n) is 11.4. The van der Waals surface area contributed by atoms with Crippen molar-refractivity contribution in [3.63, 3.8) is 0 Å². The average Bonchev–Trinajstić information content (AvgIpc) is 3.29. The molecule has 0 bridgehead atoms. The molecule has 3 aromatic carbocycles. The van der Waals surface area contributed by atoms with Gasteiger partial charge in [-0.3, -0.25) is 4.79 Å². The number of benzene rings is 3. The van der Waals surface area contributed by atoms with E-state index in [1.165, 1.54) is 0 Å². The fourth-order valence-corrected chi connectivity index (χ4v) is 4.10. The second-order valence-electron chi connectivity index (χ2n) is 8.38. The van der Waals surface area contributed by atoms with Crippen LogP contribution in [-0.4, -0.2) is 51.9 Å². The Hall–Kier alpha value is -3.77. The zero-order valence-corrected chi connectivity index (χ0v) is 19.9. The highest BCUT2D eigenvalue weighted by Crippen LogP contribution is 2.31. The number of nitrogens with one attached hydrogen (secondary N) is 2. The summed E-state index contributed by atoms with van der Waals surface area (Å²) in [6.07, 6.45) is 2.04. The Balaban J connectivity index is 1.60. The van der Waals surface area contributed by atoms with Crippen LogP contribution in [0.2, 0.25) is 0 Å². The van der Waals surface area contributed by atoms with Gasteiger partial charge >= 0.3 is 0 Å². The van der Waals surface area contributed by atoms with E-state index in [1.807, 2.05) is 50.6 Å². The third kappa shape index (κ3) is 5.24. The van der Waals surface area contributed by atoms with E-state index in [9.17, 15) is 4.79 Å². The second kappa shape index (κ2) is 10.9. The van der Waals surface area contributed by atoms with Gasteiger partial charge in [0.15, 0.2) is 0 Å². The molecule has 0 radical (unpaired) electrons. The van der Waals surface area contributed by atoms with Crippen LogP contribution in [0.5, 0.6) is 5.75 Å². The van der Waals surface area contributed by atoms with E-state index in [1.54, 1.807) is 13.2 Å². The molecule has 6 heteroatoms. The Morgan fingerprint density at radius 3 is 2.47 bits per heavy atom. The first kappa shape index (κ1) is 23.4. The highest BCUT2D eigenvalue weighted by molar-refractivity contribution is 5.97. The van der Waals surface area contributed by atoms with Crippen LogP contribution in [0.1, 0.15) is 27.4 Å². The molecule has 0 aliphatic rings. The zero-order valence-electron chi connectivity index (χ0n) is 19.9. The maximum Gasteiger partial charge on any atom is 0.255 e. The number of aromatic nitrogens is 1. The quantitative estimate of drug-likeness (QED) is 0.335. The number of methoxy groups -OCH3 is 1. The van der Waals surface area contributed by atoms with Crippen molar-refractivity contribution in [2.24, 2.45) is 0 Å². The first-order valence-corrected chi connectivity index (χ1v) is 11.4. The molecule has 176 valence electrons. The lowest BCUT2D eigenvalue weighted by atomic mass is 9.90. The van der Waals surface area contributed by atoms with Gasteiger partial charge in [-0.15, -0.1) is 0 Å². The van der Waals surface area contributed by atoms with Crippen molar-refractivity contribution in [3.8, 4) is 5.75 Å². The molecule has 0 saturated carbocycles. The van der Waals surface area contributed by atoms with Gasteiger partial charge in [0.05, 0.1) is 12.2 Å². The van der Waals surface area contributed by atoms with Gasteiger partial charge in [0, 0.05) is 56.5 Å². The Labute approximate surface area is 200 Å². The second-order valence-corrected chi connectivity index (χ2v) is 8.38. The number of carbonyl (C=O) groups excluding carboxylic acids is 1. The maximum absolute atomic E-state index is 13.2. The van der Waals surface area contributed by atoms with Crippen LogP contribution in [0.3, 0.4) is 0 Å². The SMILES string of the molecule is COCCOc1ccccc1C(=O)NCC(c1ccc(N(C)C)cc1)c1c[nH]c2ccccc12. The van der Waals surface area contributed by atoms with Crippen molar-refractivity contribution in [3.05, 3.63) is 95.7 Å². The highest BCUT2D eigenvalue weighted by atomic mass is 16.5. The van der Waals surface area contributed by atoms with Crippen molar-refractivity contribution < 1.29 is 14.3 Å². The third-order valence-electron chi connectivity index (χ3n) is 5.95. The van der Waals surface area contributed by atoms with Crippen LogP contribution in [0.15, 0.2) is 79.0 Å². The van der Waals surface area contributed by atoms with E-state index >= 15 is 0 Å². The normalized spacial score (nSPS) is 11.9. The first-order chi connectivity index (χ1) is 16.6. The minimum atomic E-state index is -0.164. The fourth-order valence-electron chi connectivity index (χ4n) is 4.10. The van der Waals surface area contributed by atoms with Crippen molar-refractivity contribution in [2.75, 3.05) is 45.9 Å². The molecular formula is C28H31N3O3. The Kier molecular flexibility index (Phi) is 7.50. The van der Waals surface area contributed by atoms with E-state index in [0.717, 1.165) is 27.7 Å². The number of anilines is 1. The van der Waals surface area contributed by atoms with Crippen LogP contribution < -0.4 is 15.0 Å². The molecule has 1 aromatic heterocycles. The van der Waals surface area contributed by atoms with Gasteiger partial charge in [0.1, 0.15) is 12.4 Å². The predicted molar refractivity (Wildman–Crippen MR) is 137 cm³/mol. The summed E-state index contributed by atoms with van der Waals surface area (Å²) in [5, 5.41) is 4.30. The maximum atomic E-state index is 13.2. The van der Waals surface area contributed by atoms with Gasteiger partial charge in [0.2, 0.25) is 0 Å². The summed E-state index contributed by atoms with van der Waals surface area (Å²) in [7, 11) is 5.68. The molecule has 4 rings (SSSR count). The number of hydrogen-bond donors (Lipinski definition) is 2. The molecule has 0 fully saturated rings. The number of rotatable bonds is 10. The smallest absolute Gasteiger partial charge is 0.255 e. The molecule has 1 atom stereocenters. The van der Waals surface area contributed by atoms with Gasteiger partial charge < -0.3 is 24.7 Å². The minimum absolute atomic E-state index is 0.0158. The molecule has 34 heavy (non-hydrogen) atoms. The Morgan fingerprint density at radius 2 is 1.71 bits per heavy atom. The number of H-pyrrole nitrogens is 1. The van der Waals surface area contributed by atoms with Gasteiger partial charge in [0.25, 0.3) is 5.91 Å². The molecule has 1 heterocycles. The lowest BCUT2D eigenvalue weighted by Crippen LogP contribution is -2.29. The van der Waals surface area contributed by atoms with Crippen LogP contribution in [-0.2, 0) is 4.74 Å². The number of hydrogen-bond acceptors (Lipinski definition) is 4. The topological polar surface area (TPSA) is 66.6 Å². The summed E-state index contributed by atoms with van der Waals surface area (Å²) in [5.74, 6) is 0.372. The van der Waals surface area contributed by atoms with Crippen LogP contribution in [0.4, 0.5) is 5.69 Å². The lowest BCUT2D eigenvalue weighted by Gasteiger charge is -2.20. The number of amides is 1. The average molecular weight is 458 g/mol. The van der Waals surface area contributed by atoms with Crippen molar-refractivity contribution >= 4 is 22.5 Å². The number of para-hydroxylation sites is 2. The van der Waals surface area contributed by atoms with Gasteiger partial charge in [-0.05, 0) is 41.5 Å². The molecule has 2 N–H and O–H groups in total. The monoisotopic (exact) mass is 457 g/mol. The summed E-state index contributed by atoms with van der Waals surface area (Å²) in [5.41, 5.74) is 5.01. The van der Waals surface area contributed by atoms with Crippen molar-refractivity contribution in [2.45, 2.75) is 5.92 Å². The summed E-state index contributed by atoms with van der Waals surface area (Å²) in [6.45, 7) is 1.30. The summed E-state index contributed by atoms with van der Waals surface area (Å²) in [6, 6.07) is 24.0. The summed E-state index contributed by atoms with van der Waals surface area (Å²) >= 11 is 0. The Morgan fingerprint density at radius 1 is 0.971 bits per heavy atom. The number of carbonyl (C=O) groups is 1. The molecule has 0 saturated heterocycles. The van der Waals surface area contributed by atoms with Gasteiger partial charge in [-0.25, -0.2) is 0 Å². The molecule has 0 aliphatic heterocycles. The van der Waals surface area contributed by atoms with Crippen LogP contribution >= 0.6 is 0 Å². The lowest BCUT2D eigenvalue weighted by molar-refractivity contribution is 0.0944. The number of fused-ring (bicyclic) bond motifs is 1. The van der Waals surface area contributed by atoms with Crippen LogP contribution in [0.25, 0.3) is 10.9 Å². The van der Waals surface area contributed by atoms with Crippen molar-refractivity contribution in [1.29, 1.82) is 0 Å². The van der Waals surface area contributed by atoms with Crippen molar-refractivity contribution in [1.82, 2.24) is 10.3 Å². The molecule has 1 amide bonds. The fraction of sp³-hybridized carbons (Fsp3) is 0.250. The van der Waals surface area contributed by atoms with E-state index in [4.69, 9.17) is 9.47 Å². The summed E-state index contributed by atoms with van der Waals surface area (Å²) in [4.78, 5) is 18.6. The minimum Gasteiger partial charge on any atom is -0.490 e. The molecule has 6 nitrogen and oxygen atoms in total. The van der Waals surface area contributed by atoms with E-state index in [0.29, 0.717) is 31.1 Å². The number of nitrogens with zero attached hydrogens (tertiary/aromatic N) is 1. The van der Waals surface area contributed by atoms with E-state index in [2.05, 4.69) is 51.6 Å². The van der Waals surface area contributed by atoms with Gasteiger partial charge in [-0.2, -0.15) is 0 Å². The molecule has 0 aliphatic carbocycles. The highest BCUT2D eigenvalue weighted by Gasteiger charge is 2.21. The predicted octanol–water partition coefficient (Wildman–Crippen LogP) is 4.82. The molecule has 4 aromatic rings. The van der Waals surface area contributed by atoms with E-state index in [-0.39, 0.29) is 11.8 Å². The van der Waals surface area contributed by atoms with Gasteiger partial charge in [-0.1, -0.05) is 42.5 Å². The largest absolute Gasteiger partial charge is 0.490 e. The third-order valence-corrected chi connectivity index (χ3v) is 5.95. The molecular weight excluding hydrogens is 426 g/mol. The Bertz CT molecular complexity index is 1230. The van der Waals surface area contributed by atoms with E-state index < -0.39 is 0 Å². The molecule has 0 spiro atoms.